The molecule has 1 nitrogen and oxygen atoms in total. The number of benzene rings is 9. The van der Waals surface area contributed by atoms with Crippen LogP contribution in [0.3, 0.4) is 0 Å². The topological polar surface area (TPSA) is 3.24 Å². The highest BCUT2D eigenvalue weighted by molar-refractivity contribution is 7.27. The molecule has 0 atom stereocenters. The van der Waals surface area contributed by atoms with E-state index in [0.29, 0.717) is 0 Å². The third-order valence-corrected chi connectivity index (χ3v) is 13.2. The summed E-state index contributed by atoms with van der Waals surface area (Å²) in [4.78, 5) is 2.55. The Kier molecular flexibility index (Phi) is 7.61. The van der Waals surface area contributed by atoms with Crippen molar-refractivity contribution in [2.24, 2.45) is 0 Å². The molecule has 2 aromatic heterocycles. The summed E-state index contributed by atoms with van der Waals surface area (Å²) in [6, 6.07) is 73.3. The first-order valence-electron chi connectivity index (χ1n) is 18.7. The fourth-order valence-electron chi connectivity index (χ4n) is 8.27. The van der Waals surface area contributed by atoms with E-state index in [0.717, 1.165) is 0 Å². The first-order valence-corrected chi connectivity index (χ1v) is 20.3. The molecule has 2 heterocycles. The van der Waals surface area contributed by atoms with Crippen LogP contribution in [0.4, 0.5) is 17.1 Å². The minimum absolute atomic E-state index is 1.17. The summed E-state index contributed by atoms with van der Waals surface area (Å²) in [6.07, 6.45) is 0. The van der Waals surface area contributed by atoms with Crippen molar-refractivity contribution in [1.82, 2.24) is 0 Å². The fourth-order valence-corrected chi connectivity index (χ4v) is 10.8. The lowest BCUT2D eigenvalue weighted by Gasteiger charge is -2.28. The number of fused-ring (bicyclic) bond motifs is 7. The molecule has 55 heavy (non-hydrogen) atoms. The van der Waals surface area contributed by atoms with Crippen LogP contribution >= 0.6 is 22.7 Å². The lowest BCUT2D eigenvalue weighted by atomic mass is 9.98. The number of nitrogens with zero attached hydrogens (tertiary/aromatic N) is 1. The Morgan fingerprint density at radius 1 is 0.309 bits per heavy atom. The fraction of sp³-hybridized carbons (Fsp3) is 0. The van der Waals surface area contributed by atoms with Gasteiger partial charge in [-0.15, -0.1) is 22.7 Å². The van der Waals surface area contributed by atoms with Crippen molar-refractivity contribution in [3.63, 3.8) is 0 Å². The maximum Gasteiger partial charge on any atom is 0.0640 e. The predicted molar refractivity (Wildman–Crippen MR) is 241 cm³/mol. The summed E-state index contributed by atoms with van der Waals surface area (Å²) in [5.74, 6) is 0. The molecule has 11 aromatic rings. The van der Waals surface area contributed by atoms with Gasteiger partial charge in [0.1, 0.15) is 0 Å². The standard InChI is InChI=1S/C52H33NS2/c1-4-14-34(15-5-1)38-26-28-42-43-23-13-25-47(51(43)54-48(42)32-38)53(45-24-12-21-36-20-10-11-22-40(36)45)46-31-30-41(37-18-8-3-9-19-37)52-50(46)44-29-27-39(33-49(44)55-52)35-16-6-2-7-17-35/h1-33H. The van der Waals surface area contributed by atoms with E-state index < -0.39 is 0 Å². The van der Waals surface area contributed by atoms with E-state index in [1.807, 2.05) is 22.7 Å². The largest absolute Gasteiger partial charge is 0.308 e. The van der Waals surface area contributed by atoms with E-state index in [9.17, 15) is 0 Å². The minimum atomic E-state index is 1.17. The van der Waals surface area contributed by atoms with E-state index in [2.05, 4.69) is 205 Å². The van der Waals surface area contributed by atoms with Crippen LogP contribution in [0.2, 0.25) is 0 Å². The molecule has 9 aromatic carbocycles. The number of hydrogen-bond donors (Lipinski definition) is 0. The van der Waals surface area contributed by atoms with Gasteiger partial charge in [-0.3, -0.25) is 0 Å². The first-order chi connectivity index (χ1) is 27.3. The average Bonchev–Trinajstić information content (AvgIpc) is 3.84. The van der Waals surface area contributed by atoms with Crippen LogP contribution in [0.1, 0.15) is 0 Å². The number of hydrogen-bond acceptors (Lipinski definition) is 3. The molecule has 0 radical (unpaired) electrons. The van der Waals surface area contributed by atoms with Crippen LogP contribution < -0.4 is 4.90 Å². The van der Waals surface area contributed by atoms with Crippen molar-refractivity contribution < 1.29 is 0 Å². The number of thiophene rings is 2. The highest BCUT2D eigenvalue weighted by Crippen LogP contribution is 2.52. The van der Waals surface area contributed by atoms with Gasteiger partial charge in [-0.2, -0.15) is 0 Å². The predicted octanol–water partition coefficient (Wildman–Crippen LogP) is 16.0. The summed E-state index contributed by atoms with van der Waals surface area (Å²) >= 11 is 3.79. The van der Waals surface area contributed by atoms with Crippen molar-refractivity contribution in [3.8, 4) is 33.4 Å². The quantitative estimate of drug-likeness (QED) is 0.164. The van der Waals surface area contributed by atoms with Gasteiger partial charge < -0.3 is 4.90 Å². The molecule has 0 N–H and O–H groups in total. The van der Waals surface area contributed by atoms with Gasteiger partial charge in [-0.25, -0.2) is 0 Å². The Hall–Kier alpha value is -6.52. The monoisotopic (exact) mass is 735 g/mol. The number of anilines is 3. The Morgan fingerprint density at radius 2 is 0.855 bits per heavy atom. The molecule has 0 fully saturated rings. The van der Waals surface area contributed by atoms with Gasteiger partial charge in [-0.1, -0.05) is 170 Å². The second-order valence-electron chi connectivity index (χ2n) is 14.0. The zero-order valence-electron chi connectivity index (χ0n) is 29.8. The van der Waals surface area contributed by atoms with Crippen LogP contribution in [-0.4, -0.2) is 0 Å². The Morgan fingerprint density at radius 3 is 1.58 bits per heavy atom. The van der Waals surface area contributed by atoms with Gasteiger partial charge >= 0.3 is 0 Å². The highest BCUT2D eigenvalue weighted by Gasteiger charge is 2.25. The molecule has 0 bridgehead atoms. The smallest absolute Gasteiger partial charge is 0.0640 e. The Balaban J connectivity index is 1.22. The maximum absolute atomic E-state index is 2.55. The van der Waals surface area contributed by atoms with Crippen molar-refractivity contribution in [1.29, 1.82) is 0 Å². The normalized spacial score (nSPS) is 11.6. The zero-order valence-corrected chi connectivity index (χ0v) is 31.4. The minimum Gasteiger partial charge on any atom is -0.308 e. The molecule has 11 rings (SSSR count). The summed E-state index contributed by atoms with van der Waals surface area (Å²) < 4.78 is 5.15. The van der Waals surface area contributed by atoms with Gasteiger partial charge in [0.2, 0.25) is 0 Å². The maximum atomic E-state index is 2.55. The summed E-state index contributed by atoms with van der Waals surface area (Å²) in [6.45, 7) is 0. The molecule has 0 saturated heterocycles. The highest BCUT2D eigenvalue weighted by atomic mass is 32.1. The van der Waals surface area contributed by atoms with E-state index in [1.54, 1.807) is 0 Å². The average molecular weight is 736 g/mol. The summed E-state index contributed by atoms with van der Waals surface area (Å²) in [5, 5.41) is 7.56. The van der Waals surface area contributed by atoms with Gasteiger partial charge in [0.15, 0.2) is 0 Å². The van der Waals surface area contributed by atoms with Crippen LogP contribution in [0.15, 0.2) is 200 Å². The van der Waals surface area contributed by atoms with Crippen molar-refractivity contribution in [2.75, 3.05) is 4.90 Å². The third-order valence-electron chi connectivity index (χ3n) is 10.9. The summed E-state index contributed by atoms with van der Waals surface area (Å²) in [7, 11) is 0. The van der Waals surface area contributed by atoms with E-state index >= 15 is 0 Å². The van der Waals surface area contributed by atoms with E-state index in [-0.39, 0.29) is 0 Å². The van der Waals surface area contributed by atoms with Gasteiger partial charge in [0, 0.05) is 41.0 Å². The lowest BCUT2D eigenvalue weighted by molar-refractivity contribution is 1.34. The lowest BCUT2D eigenvalue weighted by Crippen LogP contribution is -2.11. The Bertz CT molecular complexity index is 3190. The summed E-state index contributed by atoms with van der Waals surface area (Å²) in [5.41, 5.74) is 11.0. The molecule has 0 saturated carbocycles. The zero-order chi connectivity index (χ0) is 36.3. The van der Waals surface area contributed by atoms with E-state index in [1.165, 1.54) is 102 Å². The van der Waals surface area contributed by atoms with Crippen molar-refractivity contribution in [3.05, 3.63) is 200 Å². The molecule has 258 valence electrons. The van der Waals surface area contributed by atoms with Gasteiger partial charge in [0.25, 0.3) is 0 Å². The van der Waals surface area contributed by atoms with Crippen LogP contribution in [0.25, 0.3) is 84.5 Å². The molecular formula is C52H33NS2. The third kappa shape index (κ3) is 5.35. The van der Waals surface area contributed by atoms with Gasteiger partial charge in [0.05, 0.1) is 21.8 Å². The molecule has 0 spiro atoms. The molecule has 0 aliphatic rings. The van der Waals surface area contributed by atoms with Crippen LogP contribution in [0.5, 0.6) is 0 Å². The van der Waals surface area contributed by atoms with Gasteiger partial charge in [-0.05, 0) is 69.1 Å². The molecule has 0 amide bonds. The van der Waals surface area contributed by atoms with E-state index in [4.69, 9.17) is 0 Å². The van der Waals surface area contributed by atoms with Crippen LogP contribution in [-0.2, 0) is 0 Å². The van der Waals surface area contributed by atoms with Crippen LogP contribution in [0, 0.1) is 0 Å². The second-order valence-corrected chi connectivity index (χ2v) is 16.2. The van der Waals surface area contributed by atoms with Crippen molar-refractivity contribution >= 4 is 90.9 Å². The molecule has 0 unspecified atom stereocenters. The Labute approximate surface area is 327 Å². The SMILES string of the molecule is c1ccc(-c2ccc3c(c2)sc2c(N(c4cccc5ccccc45)c4ccc(-c5ccccc5)c5sc6cc(-c7ccccc7)ccc6c45)cccc23)cc1. The second kappa shape index (κ2) is 13.1. The first kappa shape index (κ1) is 32.0. The molecular weight excluding hydrogens is 703 g/mol. The van der Waals surface area contributed by atoms with Crippen molar-refractivity contribution in [2.45, 2.75) is 0 Å². The molecule has 0 aliphatic carbocycles. The molecule has 3 heteroatoms. The number of rotatable bonds is 6. The molecule has 0 aliphatic heterocycles.